The van der Waals surface area contributed by atoms with Crippen LogP contribution in [0.5, 0.6) is 0 Å². The Hall–Kier alpha value is -12.3. The zero-order valence-corrected chi connectivity index (χ0v) is 88.3. The molecule has 0 bridgehead atoms. The standard InChI is InChI=1S/C29H35N3O.C26H31N3O.C22H22ClNO.C22H23NO2.C12H15NO2.C10H7Br.3CH4.Cl2OS/c1-4-17-30-18-20-32(21-19-30)28(27-16-11-23-9-7-8-10-26(23)22-27)24-12-14-25(15-13-24)29(33)31(5-2)6-3;1-3-28(4-2)26(30)22-12-10-21(11-13-22)25(29-17-15-27-16-18-29)24-14-9-20-7-5-6-8-23(20)19-24;1-3-24(4-2)22(25)18-12-10-17(11-13-18)21(23)20-14-9-16-7-5-6-8-19(16)15-20;1-3-23(4-2)22(25)18-12-10-17(11-13-18)21(24)20-14-9-16-7-5-6-8-19(16)15-20;1-3-13(4-2)12(15)11-7-5-10(9-14)6-8-11;11-10-6-5-8-3-1-2-4-9(8)7-10;;;;1-4(2)3/h4,7-16,22,28H,1,5-6,17-21H2,2-3H3;5-14,19,25,27H,3-4,15-18H2,1-2H3;5-15,21H,3-4H2,1-2H3;5-15,21,24H,3-4H2,1-2H3;5-9H,3-4H2,1-2H3;1-7H;3*1H4;. The summed E-state index contributed by atoms with van der Waals surface area (Å²) in [6.45, 7) is 40.0. The number of aliphatic hydroxyl groups excluding tert-OH is 1. The summed E-state index contributed by atoms with van der Waals surface area (Å²) in [5.74, 6) is 0.311. The molecular weight excluding hydrogens is 1960 g/mol. The third-order valence-corrected chi connectivity index (χ3v) is 27.1. The van der Waals surface area contributed by atoms with E-state index in [-0.39, 0.29) is 69.3 Å². The normalized spacial score (nSPS) is 13.0. The molecule has 2 fully saturated rings. The summed E-state index contributed by atoms with van der Waals surface area (Å²) in [4.78, 5) is 89.2. The average Bonchev–Trinajstić information content (AvgIpc) is 0.805. The summed E-state index contributed by atoms with van der Waals surface area (Å²) in [5, 5.41) is 26.2. The van der Waals surface area contributed by atoms with Crippen LogP contribution >= 0.6 is 48.9 Å². The van der Waals surface area contributed by atoms with Crippen LogP contribution in [0, 0.1) is 0 Å². The number of aldehydes is 1. The molecule has 0 spiro atoms. The first kappa shape index (κ1) is 119. The molecule has 15 aromatic carbocycles. The molecule has 4 unspecified atom stereocenters. The lowest BCUT2D eigenvalue weighted by Gasteiger charge is -2.39. The van der Waals surface area contributed by atoms with Gasteiger partial charge in [-0.05, 0) is 265 Å². The van der Waals surface area contributed by atoms with Gasteiger partial charge in [-0.1, -0.05) is 281 Å². The molecule has 146 heavy (non-hydrogen) atoms. The van der Waals surface area contributed by atoms with Crippen molar-refractivity contribution in [3.05, 3.63) is 429 Å². The van der Waals surface area contributed by atoms with Gasteiger partial charge < -0.3 is 34.9 Å². The van der Waals surface area contributed by atoms with Crippen LogP contribution in [0.2, 0.25) is 0 Å². The molecule has 2 aliphatic heterocycles. The highest BCUT2D eigenvalue weighted by Gasteiger charge is 2.30. The van der Waals surface area contributed by atoms with Gasteiger partial charge in [0.25, 0.3) is 29.5 Å². The van der Waals surface area contributed by atoms with E-state index < -0.39 is 15.3 Å². The Balaban J connectivity index is 0.000000217. The van der Waals surface area contributed by atoms with Crippen LogP contribution in [0.15, 0.2) is 351 Å². The second-order valence-corrected chi connectivity index (χ2v) is 38.6. The van der Waals surface area contributed by atoms with Crippen molar-refractivity contribution >= 4 is 148 Å². The van der Waals surface area contributed by atoms with Crippen LogP contribution in [0.25, 0.3) is 53.9 Å². The highest BCUT2D eigenvalue weighted by molar-refractivity contribution is 9.10. The second kappa shape index (κ2) is 61.3. The van der Waals surface area contributed by atoms with Crippen molar-refractivity contribution < 1.29 is 38.1 Å². The highest BCUT2D eigenvalue weighted by atomic mass is 79.9. The molecule has 4 atom stereocenters. The quantitative estimate of drug-likeness (QED) is 0.0206. The van der Waals surface area contributed by atoms with Crippen molar-refractivity contribution in [2.45, 2.75) is 115 Å². The van der Waals surface area contributed by atoms with Gasteiger partial charge in [-0.25, -0.2) is 4.21 Å². The van der Waals surface area contributed by atoms with Gasteiger partial charge in [0, 0.05) is 184 Å². The van der Waals surface area contributed by atoms with Crippen LogP contribution in [-0.4, -0.2) is 209 Å². The SMILES string of the molecule is Brc1ccc2ccccc2c1.C.C.C.C=CCN1CCN(C(c2ccc(C(=O)N(CC)CC)cc2)c2ccc3ccccc3c2)CC1.CCN(CC)C(=O)c1ccc(C(Cl)c2ccc3ccccc3c2)cc1.CCN(CC)C(=O)c1ccc(C(O)c2ccc3ccccc3c2)cc1.CCN(CC)C(=O)c1ccc(C(c2ccc3ccccc3c2)N2CCNCC2)cc1.CCN(CC)C(=O)c1ccc(C=O)cc1.O=S(Cl)Cl. The molecule has 17 nitrogen and oxygen atoms in total. The summed E-state index contributed by atoms with van der Waals surface area (Å²) in [5.41, 5.74) is 12.9. The first-order valence-electron chi connectivity index (χ1n) is 49.5. The monoisotopic (exact) mass is 2100 g/mol. The number of nitrogens with one attached hydrogen (secondary N) is 1. The van der Waals surface area contributed by atoms with Crippen LogP contribution in [0.4, 0.5) is 0 Å². The number of benzene rings is 15. The maximum atomic E-state index is 12.8. The van der Waals surface area contributed by atoms with Gasteiger partial charge in [0.1, 0.15) is 12.4 Å². The number of rotatable bonds is 28. The number of carbonyl (C=O) groups excluding carboxylic acids is 6. The summed E-state index contributed by atoms with van der Waals surface area (Å²) in [6.07, 6.45) is 2.05. The minimum atomic E-state index is -1.67. The lowest BCUT2D eigenvalue weighted by Crippen LogP contribution is -2.47. The number of carbonyl (C=O) groups is 6. The average molecular weight is 2110 g/mol. The molecule has 0 aromatic heterocycles. The number of hydrogen-bond donors (Lipinski definition) is 2. The molecule has 5 amide bonds. The Bertz CT molecular complexity index is 6500. The van der Waals surface area contributed by atoms with Crippen molar-refractivity contribution in [2.75, 3.05) is 124 Å². The summed E-state index contributed by atoms with van der Waals surface area (Å²) < 4.78 is 10.2. The summed E-state index contributed by atoms with van der Waals surface area (Å²) in [7, 11) is 7.36. The minimum Gasteiger partial charge on any atom is -0.384 e. The number of fused-ring (bicyclic) bond motifs is 5. The van der Waals surface area contributed by atoms with Gasteiger partial charge >= 0.3 is 0 Å². The van der Waals surface area contributed by atoms with E-state index in [1.165, 1.54) is 65.3 Å². The number of hydrogen-bond acceptors (Lipinski definition) is 12. The zero-order chi connectivity index (χ0) is 102. The van der Waals surface area contributed by atoms with Crippen LogP contribution < -0.4 is 5.32 Å². The molecule has 2 aliphatic rings. The van der Waals surface area contributed by atoms with Crippen molar-refractivity contribution in [1.82, 2.24) is 44.5 Å². The molecule has 22 heteroatoms. The molecule has 0 saturated carbocycles. The van der Waals surface area contributed by atoms with E-state index in [1.54, 1.807) is 46.2 Å². The van der Waals surface area contributed by atoms with Crippen LogP contribution in [-0.2, 0) is 9.23 Å². The molecule has 0 radical (unpaired) electrons. The first-order chi connectivity index (χ1) is 69.4. The van der Waals surface area contributed by atoms with Crippen molar-refractivity contribution in [1.29, 1.82) is 0 Å². The molecule has 2 heterocycles. The summed E-state index contributed by atoms with van der Waals surface area (Å²) >= 11 is 10.1. The number of aliphatic hydroxyl groups is 1. The molecule has 2 N–H and O–H groups in total. The fourth-order valence-corrected chi connectivity index (χ4v) is 18.6. The van der Waals surface area contributed by atoms with Crippen molar-refractivity contribution in [3.63, 3.8) is 0 Å². The molecule has 17 rings (SSSR count). The van der Waals surface area contributed by atoms with Crippen LogP contribution in [0.3, 0.4) is 0 Å². The maximum Gasteiger partial charge on any atom is 0.253 e. The Morgan fingerprint density at radius 3 is 0.897 bits per heavy atom. The largest absolute Gasteiger partial charge is 0.384 e. The molecule has 768 valence electrons. The fraction of sp³-hybridized carbons (Fsp3) is 0.290. The minimum absolute atomic E-state index is 0. The van der Waals surface area contributed by atoms with E-state index in [4.69, 9.17) is 15.8 Å². The van der Waals surface area contributed by atoms with E-state index >= 15 is 0 Å². The Morgan fingerprint density at radius 1 is 0.342 bits per heavy atom. The summed E-state index contributed by atoms with van der Waals surface area (Å²) in [6, 6.07) is 112. The highest BCUT2D eigenvalue weighted by Crippen LogP contribution is 2.37. The smallest absolute Gasteiger partial charge is 0.253 e. The van der Waals surface area contributed by atoms with E-state index in [0.29, 0.717) is 61.5 Å². The third kappa shape index (κ3) is 33.1. The lowest BCUT2D eigenvalue weighted by atomic mass is 9.93. The predicted octanol–water partition coefficient (Wildman–Crippen LogP) is 28.1. The number of piperazine rings is 2. The Kier molecular flexibility index (Phi) is 49.9. The van der Waals surface area contributed by atoms with E-state index in [0.717, 1.165) is 140 Å². The van der Waals surface area contributed by atoms with Gasteiger partial charge in [-0.15, -0.1) is 18.2 Å². The van der Waals surface area contributed by atoms with Gasteiger partial charge in [0.05, 0.1) is 17.5 Å². The topological polar surface area (TPSA) is 178 Å². The van der Waals surface area contributed by atoms with Crippen molar-refractivity contribution in [3.8, 4) is 0 Å². The second-order valence-electron chi connectivity index (χ2n) is 34.7. The molecular formula is C124H145BrCl3N9O8S. The van der Waals surface area contributed by atoms with Gasteiger partial charge in [-0.3, -0.25) is 43.5 Å². The van der Waals surface area contributed by atoms with E-state index in [2.05, 4.69) is 252 Å². The maximum absolute atomic E-state index is 12.8. The predicted molar refractivity (Wildman–Crippen MR) is 619 cm³/mol. The number of halogens is 4. The van der Waals surface area contributed by atoms with Gasteiger partial charge in [-0.2, -0.15) is 0 Å². The van der Waals surface area contributed by atoms with E-state index in [9.17, 15) is 33.9 Å². The number of amides is 5. The Labute approximate surface area is 891 Å². The van der Waals surface area contributed by atoms with E-state index in [1.807, 2.05) is 199 Å². The van der Waals surface area contributed by atoms with Gasteiger partial charge in [0.15, 0.2) is 0 Å². The fourth-order valence-electron chi connectivity index (χ4n) is 18.0. The molecule has 0 aliphatic carbocycles. The lowest BCUT2D eigenvalue weighted by molar-refractivity contribution is 0.0765. The van der Waals surface area contributed by atoms with Gasteiger partial charge in [0.2, 0.25) is 9.23 Å². The molecule has 15 aromatic rings. The van der Waals surface area contributed by atoms with Crippen LogP contribution in [0.1, 0.15) is 222 Å². The number of nitrogens with zero attached hydrogens (tertiary/aromatic N) is 8. The Morgan fingerprint density at radius 2 is 0.589 bits per heavy atom. The first-order valence-corrected chi connectivity index (χ1v) is 53.6. The number of alkyl halides is 1. The third-order valence-electron chi connectivity index (χ3n) is 26.1. The zero-order valence-electron chi connectivity index (χ0n) is 83.7. The molecule has 2 saturated heterocycles. The van der Waals surface area contributed by atoms with Crippen molar-refractivity contribution in [2.24, 2.45) is 0 Å².